The number of para-hydroxylation sites is 2. The van der Waals surface area contributed by atoms with Gasteiger partial charge in [-0.1, -0.05) is 18.2 Å². The molecule has 2 aromatic rings. The maximum Gasteiger partial charge on any atom is 0.338 e. The number of amides is 2. The highest BCUT2D eigenvalue weighted by atomic mass is 16.5. The molecule has 0 aromatic heterocycles. The van der Waals surface area contributed by atoms with Crippen molar-refractivity contribution < 1.29 is 23.9 Å². The Labute approximate surface area is 163 Å². The van der Waals surface area contributed by atoms with E-state index in [1.54, 1.807) is 53.4 Å². The van der Waals surface area contributed by atoms with Gasteiger partial charge in [-0.25, -0.2) is 4.79 Å². The van der Waals surface area contributed by atoms with Gasteiger partial charge in [0.15, 0.2) is 6.10 Å². The lowest BCUT2D eigenvalue weighted by atomic mass is 10.2. The van der Waals surface area contributed by atoms with Crippen LogP contribution in [0.1, 0.15) is 30.1 Å². The number of rotatable bonds is 6. The molecule has 3 rings (SSSR count). The second-order valence-corrected chi connectivity index (χ2v) is 6.44. The first-order chi connectivity index (χ1) is 13.5. The van der Waals surface area contributed by atoms with Gasteiger partial charge in [-0.05, 0) is 43.7 Å². The Bertz CT molecular complexity index is 896. The van der Waals surface area contributed by atoms with Crippen LogP contribution in [-0.2, 0) is 14.3 Å². The molecule has 0 aliphatic carbocycles. The molecular formula is C21H22N2O5. The number of esters is 1. The van der Waals surface area contributed by atoms with Crippen LogP contribution in [0.5, 0.6) is 5.75 Å². The number of nitrogens with one attached hydrogen (secondary N) is 1. The molecule has 2 aromatic carbocycles. The summed E-state index contributed by atoms with van der Waals surface area (Å²) in [7, 11) is 1.51. The van der Waals surface area contributed by atoms with Gasteiger partial charge in [-0.2, -0.15) is 0 Å². The van der Waals surface area contributed by atoms with Crippen molar-refractivity contribution in [1.29, 1.82) is 0 Å². The maximum absolute atomic E-state index is 12.5. The number of anilines is 2. The fraction of sp³-hybridized carbons (Fsp3) is 0.286. The fourth-order valence-corrected chi connectivity index (χ4v) is 2.99. The number of ether oxygens (including phenoxy) is 2. The highest BCUT2D eigenvalue weighted by Gasteiger charge is 2.24. The van der Waals surface area contributed by atoms with E-state index < -0.39 is 18.0 Å². The quantitative estimate of drug-likeness (QED) is 0.777. The molecule has 0 spiro atoms. The normalized spacial score (nSPS) is 14.5. The summed E-state index contributed by atoms with van der Waals surface area (Å²) in [5.41, 5.74) is 1.43. The summed E-state index contributed by atoms with van der Waals surface area (Å²) in [4.78, 5) is 38.4. The molecule has 2 amide bonds. The third kappa shape index (κ3) is 4.31. The topological polar surface area (TPSA) is 84.9 Å². The van der Waals surface area contributed by atoms with Crippen LogP contribution in [0.4, 0.5) is 11.4 Å². The van der Waals surface area contributed by atoms with Gasteiger partial charge in [0.25, 0.3) is 5.91 Å². The number of carbonyl (C=O) groups is 3. The van der Waals surface area contributed by atoms with Gasteiger partial charge in [-0.3, -0.25) is 9.59 Å². The van der Waals surface area contributed by atoms with E-state index in [1.807, 2.05) is 0 Å². The number of hydrogen-bond donors (Lipinski definition) is 1. The predicted molar refractivity (Wildman–Crippen MR) is 105 cm³/mol. The highest BCUT2D eigenvalue weighted by Crippen LogP contribution is 2.24. The minimum Gasteiger partial charge on any atom is -0.495 e. The largest absolute Gasteiger partial charge is 0.495 e. The Kier molecular flexibility index (Phi) is 5.93. The standard InChI is InChI=1S/C21H22N2O5/c1-14(20(25)22-17-9-3-4-10-18(17)27-2)28-21(26)15-7-5-8-16(13-15)23-12-6-11-19(23)24/h3-5,7-10,13-14H,6,11-12H2,1-2H3,(H,22,25)/t14-/m1/s1. The molecule has 0 unspecified atom stereocenters. The Morgan fingerprint density at radius 3 is 2.64 bits per heavy atom. The molecule has 1 aliphatic rings. The van der Waals surface area contributed by atoms with Crippen LogP contribution in [0.2, 0.25) is 0 Å². The van der Waals surface area contributed by atoms with Crippen LogP contribution in [0.3, 0.4) is 0 Å². The molecule has 1 fully saturated rings. The van der Waals surface area contributed by atoms with Crippen molar-refractivity contribution >= 4 is 29.2 Å². The summed E-state index contributed by atoms with van der Waals surface area (Å²) in [6.07, 6.45) is 0.303. The molecule has 146 valence electrons. The third-order valence-electron chi connectivity index (χ3n) is 4.48. The minimum atomic E-state index is -1.01. The van der Waals surface area contributed by atoms with Gasteiger partial charge in [0.1, 0.15) is 5.75 Å². The van der Waals surface area contributed by atoms with Crippen LogP contribution < -0.4 is 15.0 Å². The summed E-state index contributed by atoms with van der Waals surface area (Å²) in [6.45, 7) is 2.13. The number of hydrogen-bond acceptors (Lipinski definition) is 5. The predicted octanol–water partition coefficient (Wildman–Crippen LogP) is 3.01. The maximum atomic E-state index is 12.5. The molecule has 7 heteroatoms. The van der Waals surface area contributed by atoms with Crippen LogP contribution >= 0.6 is 0 Å². The van der Waals surface area contributed by atoms with Crippen molar-refractivity contribution in [3.8, 4) is 5.75 Å². The lowest BCUT2D eigenvalue weighted by Crippen LogP contribution is -2.30. The lowest BCUT2D eigenvalue weighted by Gasteiger charge is -2.17. The van der Waals surface area contributed by atoms with Crippen LogP contribution in [0, 0.1) is 0 Å². The monoisotopic (exact) mass is 382 g/mol. The fourth-order valence-electron chi connectivity index (χ4n) is 2.99. The van der Waals surface area contributed by atoms with E-state index in [1.165, 1.54) is 14.0 Å². The molecule has 7 nitrogen and oxygen atoms in total. The van der Waals surface area contributed by atoms with Crippen LogP contribution in [-0.4, -0.2) is 37.5 Å². The van der Waals surface area contributed by atoms with E-state index in [0.717, 1.165) is 6.42 Å². The SMILES string of the molecule is COc1ccccc1NC(=O)[C@@H](C)OC(=O)c1cccc(N2CCCC2=O)c1. The van der Waals surface area contributed by atoms with E-state index >= 15 is 0 Å². The molecule has 1 N–H and O–H groups in total. The van der Waals surface area contributed by atoms with Crippen molar-refractivity contribution in [1.82, 2.24) is 0 Å². The molecule has 1 atom stereocenters. The van der Waals surface area contributed by atoms with Crippen molar-refractivity contribution in [2.75, 3.05) is 23.9 Å². The van der Waals surface area contributed by atoms with Crippen molar-refractivity contribution in [3.05, 3.63) is 54.1 Å². The van der Waals surface area contributed by atoms with Gasteiger partial charge in [0.2, 0.25) is 5.91 Å². The van der Waals surface area contributed by atoms with Gasteiger partial charge in [-0.15, -0.1) is 0 Å². The second-order valence-electron chi connectivity index (χ2n) is 6.44. The highest BCUT2D eigenvalue weighted by molar-refractivity contribution is 5.99. The molecular weight excluding hydrogens is 360 g/mol. The summed E-state index contributed by atoms with van der Waals surface area (Å²) in [5, 5.41) is 2.69. The van der Waals surface area contributed by atoms with Gasteiger partial charge in [0, 0.05) is 18.7 Å². The van der Waals surface area contributed by atoms with Crippen LogP contribution in [0.25, 0.3) is 0 Å². The minimum absolute atomic E-state index is 0.0371. The van der Waals surface area contributed by atoms with Gasteiger partial charge in [0.05, 0.1) is 18.4 Å². The van der Waals surface area contributed by atoms with E-state index in [4.69, 9.17) is 9.47 Å². The van der Waals surface area contributed by atoms with Gasteiger partial charge >= 0.3 is 5.97 Å². The number of carbonyl (C=O) groups excluding carboxylic acids is 3. The van der Waals surface area contributed by atoms with Crippen molar-refractivity contribution in [2.45, 2.75) is 25.9 Å². The first-order valence-corrected chi connectivity index (χ1v) is 9.05. The molecule has 1 heterocycles. The van der Waals surface area contributed by atoms with E-state index in [0.29, 0.717) is 30.1 Å². The number of benzene rings is 2. The van der Waals surface area contributed by atoms with Crippen molar-refractivity contribution in [3.63, 3.8) is 0 Å². The number of nitrogens with zero attached hydrogens (tertiary/aromatic N) is 1. The summed E-state index contributed by atoms with van der Waals surface area (Å²) in [6, 6.07) is 13.6. The number of methoxy groups -OCH3 is 1. The lowest BCUT2D eigenvalue weighted by molar-refractivity contribution is -0.123. The smallest absolute Gasteiger partial charge is 0.338 e. The summed E-state index contributed by atoms with van der Waals surface area (Å²) >= 11 is 0. The molecule has 0 saturated carbocycles. The molecule has 0 radical (unpaired) electrons. The zero-order valence-electron chi connectivity index (χ0n) is 15.8. The van der Waals surface area contributed by atoms with E-state index in [-0.39, 0.29) is 11.5 Å². The molecule has 28 heavy (non-hydrogen) atoms. The Morgan fingerprint density at radius 2 is 1.93 bits per heavy atom. The second kappa shape index (κ2) is 8.56. The Balaban J connectivity index is 1.65. The van der Waals surface area contributed by atoms with Crippen LogP contribution in [0.15, 0.2) is 48.5 Å². The average molecular weight is 382 g/mol. The molecule has 1 aliphatic heterocycles. The molecule has 1 saturated heterocycles. The first kappa shape index (κ1) is 19.4. The zero-order chi connectivity index (χ0) is 20.1. The zero-order valence-corrected chi connectivity index (χ0v) is 15.8. The summed E-state index contributed by atoms with van der Waals surface area (Å²) in [5.74, 6) is -0.549. The average Bonchev–Trinajstić information content (AvgIpc) is 3.14. The van der Waals surface area contributed by atoms with Crippen molar-refractivity contribution in [2.24, 2.45) is 0 Å². The third-order valence-corrected chi connectivity index (χ3v) is 4.48. The first-order valence-electron chi connectivity index (χ1n) is 9.05. The summed E-state index contributed by atoms with van der Waals surface area (Å²) < 4.78 is 10.5. The molecule has 0 bridgehead atoms. The van der Waals surface area contributed by atoms with E-state index in [2.05, 4.69) is 5.32 Å². The Hall–Kier alpha value is -3.35. The van der Waals surface area contributed by atoms with E-state index in [9.17, 15) is 14.4 Å². The Morgan fingerprint density at radius 1 is 1.14 bits per heavy atom. The van der Waals surface area contributed by atoms with Gasteiger partial charge < -0.3 is 19.7 Å².